The van der Waals surface area contributed by atoms with Crippen LogP contribution in [0.15, 0.2) is 24.3 Å². The minimum Gasteiger partial charge on any atom is -0.504 e. The van der Waals surface area contributed by atoms with Gasteiger partial charge in [-0.2, -0.15) is 0 Å². The van der Waals surface area contributed by atoms with Crippen molar-refractivity contribution in [3.63, 3.8) is 0 Å². The van der Waals surface area contributed by atoms with Crippen molar-refractivity contribution >= 4 is 0 Å². The van der Waals surface area contributed by atoms with E-state index in [4.69, 9.17) is 9.47 Å². The van der Waals surface area contributed by atoms with Crippen LogP contribution in [0.1, 0.15) is 43.2 Å². The smallest absolute Gasteiger partial charge is 0.165 e. The van der Waals surface area contributed by atoms with Gasteiger partial charge in [-0.15, -0.1) is 0 Å². The quantitative estimate of drug-likeness (QED) is 0.716. The topological polar surface area (TPSA) is 62.2 Å². The van der Waals surface area contributed by atoms with Crippen LogP contribution >= 0.6 is 0 Å². The molecule has 2 saturated carbocycles. The van der Waals surface area contributed by atoms with E-state index in [1.54, 1.807) is 13.2 Å². The lowest BCUT2D eigenvalue weighted by Crippen LogP contribution is -2.82. The van der Waals surface area contributed by atoms with Crippen molar-refractivity contribution in [2.45, 2.75) is 67.8 Å². The summed E-state index contributed by atoms with van der Waals surface area (Å²) in [6.45, 7) is 1.02. The number of likely N-dealkylation sites (N-methyl/N-ethyl adjacent to an activating group) is 1. The zero-order valence-corrected chi connectivity index (χ0v) is 17.1. The molecule has 2 heterocycles. The van der Waals surface area contributed by atoms with Crippen molar-refractivity contribution in [2.75, 3.05) is 20.7 Å². The summed E-state index contributed by atoms with van der Waals surface area (Å²) in [6, 6.07) is 4.28. The molecule has 5 nitrogen and oxygen atoms in total. The number of aliphatic hydroxyl groups excluding tert-OH is 1. The molecule has 8 rings (SSSR count). The van der Waals surface area contributed by atoms with Crippen molar-refractivity contribution in [3.05, 3.63) is 35.4 Å². The van der Waals surface area contributed by atoms with Crippen LogP contribution in [-0.4, -0.2) is 59.7 Å². The van der Waals surface area contributed by atoms with Crippen LogP contribution in [-0.2, 0) is 16.6 Å². The predicted octanol–water partition coefficient (Wildman–Crippen LogP) is 2.53. The highest BCUT2D eigenvalue weighted by Gasteiger charge is 2.83. The Labute approximate surface area is 171 Å². The lowest BCUT2D eigenvalue weighted by molar-refractivity contribution is -0.266. The molecule has 29 heavy (non-hydrogen) atoms. The van der Waals surface area contributed by atoms with Crippen LogP contribution in [0.5, 0.6) is 11.5 Å². The van der Waals surface area contributed by atoms with Crippen molar-refractivity contribution in [2.24, 2.45) is 10.8 Å². The number of hydrogen-bond donors (Lipinski definition) is 2. The Morgan fingerprint density at radius 2 is 2.10 bits per heavy atom. The van der Waals surface area contributed by atoms with Gasteiger partial charge in [0.1, 0.15) is 11.7 Å². The molecule has 0 amide bonds. The molecule has 1 aromatic carbocycles. The number of piperidine rings is 1. The molecule has 7 atom stereocenters. The molecule has 7 aliphatic rings. The summed E-state index contributed by atoms with van der Waals surface area (Å²) < 4.78 is 13.2. The molecular weight excluding hydrogens is 366 g/mol. The predicted molar refractivity (Wildman–Crippen MR) is 107 cm³/mol. The third kappa shape index (κ3) is 1.45. The summed E-state index contributed by atoms with van der Waals surface area (Å²) in [4.78, 5) is 2.53. The number of benzene rings is 1. The molecule has 0 radical (unpaired) electrons. The maximum Gasteiger partial charge on any atom is 0.165 e. The number of aromatic hydroxyl groups is 1. The van der Waals surface area contributed by atoms with Crippen molar-refractivity contribution in [1.82, 2.24) is 4.90 Å². The van der Waals surface area contributed by atoms with Gasteiger partial charge in [0, 0.05) is 29.5 Å². The van der Waals surface area contributed by atoms with Crippen LogP contribution in [0.4, 0.5) is 0 Å². The van der Waals surface area contributed by atoms with Crippen LogP contribution in [0, 0.1) is 10.8 Å². The number of phenols is 1. The molecular formula is C24H29NO4. The summed E-state index contributed by atoms with van der Waals surface area (Å²) in [7, 11) is 4.04. The summed E-state index contributed by atoms with van der Waals surface area (Å²) in [5.74, 6) is 0.918. The van der Waals surface area contributed by atoms with E-state index in [1.807, 2.05) is 0 Å². The maximum absolute atomic E-state index is 11.3. The number of nitrogens with zero attached hydrogens (tertiary/aromatic N) is 1. The third-order valence-corrected chi connectivity index (χ3v) is 10.1. The molecule has 3 spiro atoms. The molecule has 5 heteroatoms. The van der Waals surface area contributed by atoms with Crippen molar-refractivity contribution in [1.29, 1.82) is 0 Å². The fourth-order valence-corrected chi connectivity index (χ4v) is 9.04. The molecule has 4 bridgehead atoms. The third-order valence-electron chi connectivity index (χ3n) is 10.1. The number of hydrogen-bond acceptors (Lipinski definition) is 5. The highest BCUT2D eigenvalue weighted by molar-refractivity contribution is 5.65. The van der Waals surface area contributed by atoms with Gasteiger partial charge in [0.25, 0.3) is 0 Å². The van der Waals surface area contributed by atoms with Crippen LogP contribution in [0.2, 0.25) is 0 Å². The number of phenolic OH excluding ortho intramolecular Hbond substituents is 1. The van der Waals surface area contributed by atoms with E-state index in [0.29, 0.717) is 11.8 Å². The minimum absolute atomic E-state index is 0.0949. The number of likely N-dealkylation sites (tertiary alicyclic amines) is 1. The van der Waals surface area contributed by atoms with Gasteiger partial charge in [-0.3, -0.25) is 0 Å². The lowest BCUT2D eigenvalue weighted by atomic mass is 9.33. The molecule has 1 aromatic rings. The monoisotopic (exact) mass is 395 g/mol. The largest absolute Gasteiger partial charge is 0.504 e. The second-order valence-electron chi connectivity index (χ2n) is 10.5. The molecule has 154 valence electrons. The fraction of sp³-hybridized carbons (Fsp3) is 0.667. The maximum atomic E-state index is 11.3. The second-order valence-corrected chi connectivity index (χ2v) is 10.5. The molecule has 2 aliphatic heterocycles. The Kier molecular flexibility index (Phi) is 2.86. The summed E-state index contributed by atoms with van der Waals surface area (Å²) in [5, 5.41) is 22.1. The van der Waals surface area contributed by atoms with E-state index in [-0.39, 0.29) is 34.2 Å². The number of aliphatic hydroxyl groups is 1. The van der Waals surface area contributed by atoms with Crippen molar-refractivity contribution in [3.8, 4) is 11.5 Å². The van der Waals surface area contributed by atoms with Gasteiger partial charge in [0.05, 0.1) is 11.5 Å². The second kappa shape index (κ2) is 4.84. The number of methoxy groups -OCH3 is 1. The molecule has 0 aromatic heterocycles. The minimum atomic E-state index is -0.662. The average molecular weight is 395 g/mol. The van der Waals surface area contributed by atoms with Crippen LogP contribution in [0.3, 0.4) is 0 Å². The Morgan fingerprint density at radius 3 is 2.86 bits per heavy atom. The highest BCUT2D eigenvalue weighted by atomic mass is 16.6. The first-order valence-corrected chi connectivity index (χ1v) is 11.1. The summed E-state index contributed by atoms with van der Waals surface area (Å²) >= 11 is 0. The Morgan fingerprint density at radius 1 is 1.24 bits per heavy atom. The molecule has 3 fully saturated rings. The van der Waals surface area contributed by atoms with Gasteiger partial charge >= 0.3 is 0 Å². The summed E-state index contributed by atoms with van der Waals surface area (Å²) in [6.07, 6.45) is 9.84. The van der Waals surface area contributed by atoms with E-state index in [0.717, 1.165) is 45.1 Å². The standard InChI is InChI=1S/C24H29NO4/c1-25-11-10-23-18-14-5-6-15(26)19(18)29-20(23)24(28-2)9-8-21(23,16(25)12-14)13-22(24)7-3-4-17(22)27/h5-6,8-9,16-17,20,26-27H,3-4,7,10-13H2,1-2H3/t16-,17-,20-,21+,22-,23+,24+/m1/s1. The van der Waals surface area contributed by atoms with Gasteiger partial charge < -0.3 is 24.6 Å². The van der Waals surface area contributed by atoms with Gasteiger partial charge in [-0.1, -0.05) is 24.6 Å². The van der Waals surface area contributed by atoms with E-state index < -0.39 is 5.60 Å². The molecule has 5 aliphatic carbocycles. The molecule has 1 saturated heterocycles. The van der Waals surface area contributed by atoms with E-state index in [1.165, 1.54) is 11.1 Å². The van der Waals surface area contributed by atoms with E-state index >= 15 is 0 Å². The zero-order valence-electron chi connectivity index (χ0n) is 17.1. The Bertz CT molecular complexity index is 976. The Hall–Kier alpha value is -1.56. The number of ether oxygens (including phenoxy) is 2. The number of rotatable bonds is 1. The molecule has 0 unspecified atom stereocenters. The molecule has 2 N–H and O–H groups in total. The average Bonchev–Trinajstić information content (AvgIpc) is 3.26. The van der Waals surface area contributed by atoms with Crippen LogP contribution < -0.4 is 4.74 Å². The lowest BCUT2D eigenvalue weighted by Gasteiger charge is -2.74. The zero-order chi connectivity index (χ0) is 19.8. The first-order valence-electron chi connectivity index (χ1n) is 11.1. The van der Waals surface area contributed by atoms with E-state index in [9.17, 15) is 10.2 Å². The SMILES string of the molecule is CO[C@]12C=C[C@]3(C[C@@]14CCC[C@H]4O)[C@H]1Cc4ccc(O)c5c4[C@@]3(CCN1C)[C@H]2O5. The van der Waals surface area contributed by atoms with Gasteiger partial charge in [-0.25, -0.2) is 0 Å². The first kappa shape index (κ1) is 17.2. The normalized spacial score (nSPS) is 50.8. The highest BCUT2D eigenvalue weighted by Crippen LogP contribution is 2.78. The van der Waals surface area contributed by atoms with Gasteiger partial charge in [0.2, 0.25) is 0 Å². The van der Waals surface area contributed by atoms with Gasteiger partial charge in [0.15, 0.2) is 11.5 Å². The Balaban J connectivity index is 1.60. The van der Waals surface area contributed by atoms with Gasteiger partial charge in [-0.05, 0) is 57.3 Å². The fourth-order valence-electron chi connectivity index (χ4n) is 9.04. The van der Waals surface area contributed by atoms with Crippen LogP contribution in [0.25, 0.3) is 0 Å². The van der Waals surface area contributed by atoms with E-state index in [2.05, 4.69) is 30.2 Å². The summed E-state index contributed by atoms with van der Waals surface area (Å²) in [5.41, 5.74) is 1.28. The first-order chi connectivity index (χ1) is 14.0. The van der Waals surface area contributed by atoms with Crippen molar-refractivity contribution < 1.29 is 19.7 Å².